The van der Waals surface area contributed by atoms with Crippen molar-refractivity contribution in [2.75, 3.05) is 13.4 Å². The third-order valence-corrected chi connectivity index (χ3v) is 2.12. The molecule has 1 heterocycles. The number of esters is 2. The summed E-state index contributed by atoms with van der Waals surface area (Å²) in [5, 5.41) is 0. The molecule has 0 atom stereocenters. The fourth-order valence-corrected chi connectivity index (χ4v) is 0.933. The molecule has 0 N–H and O–H groups in total. The molecule has 1 aliphatic rings. The van der Waals surface area contributed by atoms with E-state index < -0.39 is 5.97 Å². The summed E-state index contributed by atoms with van der Waals surface area (Å²) in [7, 11) is 0. The van der Waals surface area contributed by atoms with E-state index in [1.807, 2.05) is 0 Å². The van der Waals surface area contributed by atoms with Gasteiger partial charge in [-0.15, -0.1) is 6.58 Å². The van der Waals surface area contributed by atoms with Gasteiger partial charge in [0.05, 0.1) is 17.6 Å². The molecule has 0 amide bonds. The standard InChI is InChI=1S/C9H11O4.C6H9O4.Rf.Rh/c1-6(2)9(10)12-5-8-4-11-7(3)13-8;1-5(2)6(8)10-4-9-3-7;;/h6H,3,5H2,1-2H3;5H,4H2,1-2H3;;/q2*-1;;. The Morgan fingerprint density at radius 3 is 2.08 bits per heavy atom. The van der Waals surface area contributed by atoms with Crippen molar-refractivity contribution in [3.63, 3.8) is 0 Å². The molecular weight excluding hydrogens is 678 g/mol. The predicted molar refractivity (Wildman–Crippen MR) is 76.4 cm³/mol. The van der Waals surface area contributed by atoms with Crippen LogP contribution in [0.4, 0.5) is 0 Å². The van der Waals surface area contributed by atoms with E-state index in [0.717, 1.165) is 6.47 Å². The zero-order valence-electron chi connectivity index (χ0n) is 14.6. The maximum absolute atomic E-state index is 11.0. The Hall–Kier alpha value is -2.89. The molecule has 1 aliphatic heterocycles. The number of ether oxygens (including phenoxy) is 5. The minimum atomic E-state index is -0.393. The van der Waals surface area contributed by atoms with Crippen molar-refractivity contribution >= 4 is 18.4 Å². The Morgan fingerprint density at radius 1 is 1.16 bits per heavy atom. The summed E-state index contributed by atoms with van der Waals surface area (Å²) < 4.78 is 22.8. The molecule has 0 aromatic carbocycles. The molecule has 0 unspecified atom stereocenters. The van der Waals surface area contributed by atoms with Gasteiger partial charge < -0.3 is 28.5 Å². The van der Waals surface area contributed by atoms with Gasteiger partial charge in [0.15, 0.2) is 0 Å². The Labute approximate surface area is 153 Å². The van der Waals surface area contributed by atoms with Crippen LogP contribution in [0.5, 0.6) is 0 Å². The molecule has 25 heavy (non-hydrogen) atoms. The zero-order chi connectivity index (χ0) is 17.8. The predicted octanol–water partition coefficient (Wildman–Crippen LogP) is 1.57. The van der Waals surface area contributed by atoms with Crippen molar-refractivity contribution in [3.8, 4) is 0 Å². The van der Waals surface area contributed by atoms with Crippen LogP contribution >= 0.6 is 0 Å². The Balaban J connectivity index is -0.000000370. The summed E-state index contributed by atoms with van der Waals surface area (Å²) in [5.41, 5.74) is 0. The van der Waals surface area contributed by atoms with Crippen molar-refractivity contribution in [2.24, 2.45) is 11.8 Å². The molecule has 10 heteroatoms. The molecule has 1 rings (SSSR count). The van der Waals surface area contributed by atoms with Crippen LogP contribution in [0.2, 0.25) is 0 Å². The van der Waals surface area contributed by atoms with Crippen molar-refractivity contribution < 1.29 is 57.5 Å². The third kappa shape index (κ3) is 13.3. The fraction of sp³-hybridized carbons (Fsp3) is 0.533. The first-order valence-corrected chi connectivity index (χ1v) is 6.75. The van der Waals surface area contributed by atoms with Crippen LogP contribution in [-0.4, -0.2) is 31.8 Å². The van der Waals surface area contributed by atoms with E-state index in [-0.39, 0.29) is 56.6 Å². The molecular formula is C15H20O8RfRh-2. The minimum absolute atomic E-state index is 0. The van der Waals surface area contributed by atoms with Gasteiger partial charge in [0.1, 0.15) is 12.6 Å². The molecule has 0 aromatic rings. The maximum atomic E-state index is 11.0. The third-order valence-electron chi connectivity index (χ3n) is 2.12. The van der Waals surface area contributed by atoms with Gasteiger partial charge in [-0.1, -0.05) is 34.2 Å². The van der Waals surface area contributed by atoms with Crippen LogP contribution in [0.1, 0.15) is 27.7 Å². The summed E-state index contributed by atoms with van der Waals surface area (Å²) in [6.45, 7) is 11.1. The Kier molecular flexibility index (Phi) is 15.9. The topological polar surface area (TPSA) is 97.4 Å². The average molecular weight is 698 g/mol. The average Bonchev–Trinajstić information content (AvgIpc) is 2.91. The van der Waals surface area contributed by atoms with Crippen LogP contribution in [0.3, 0.4) is 0 Å². The van der Waals surface area contributed by atoms with Gasteiger partial charge in [-0.05, 0) is 6.26 Å². The van der Waals surface area contributed by atoms with E-state index in [4.69, 9.17) is 9.47 Å². The van der Waals surface area contributed by atoms with E-state index in [1.165, 1.54) is 0 Å². The molecule has 0 aromatic heterocycles. The minimum Gasteiger partial charge on any atom is -0.626 e. The van der Waals surface area contributed by atoms with Crippen LogP contribution in [-0.2, 0) is 57.5 Å². The van der Waals surface area contributed by atoms with Crippen molar-refractivity contribution in [2.45, 2.75) is 27.7 Å². The molecule has 1 radical (unpaired) electrons. The first-order valence-electron chi connectivity index (χ1n) is 6.75. The van der Waals surface area contributed by atoms with Crippen LogP contribution in [0.15, 0.2) is 18.3 Å². The summed E-state index contributed by atoms with van der Waals surface area (Å²) >= 11 is 0. The SMILES string of the molecule is C=C1O[C-]=C(COC(=O)C(C)C)O1.CC(C)C(=O)OCO[C-]=O.[Rf].[Rh]. The molecule has 0 saturated heterocycles. The molecule has 0 fully saturated rings. The van der Waals surface area contributed by atoms with Crippen LogP contribution in [0, 0.1) is 18.1 Å². The Bertz CT molecular complexity index is 462. The van der Waals surface area contributed by atoms with Crippen LogP contribution < -0.4 is 0 Å². The molecule has 0 saturated carbocycles. The van der Waals surface area contributed by atoms with Gasteiger partial charge >= 0.3 is 11.9 Å². The molecule has 141 valence electrons. The Morgan fingerprint density at radius 2 is 1.68 bits per heavy atom. The first-order chi connectivity index (χ1) is 10.8. The van der Waals surface area contributed by atoms with Gasteiger partial charge in [-0.2, -0.15) is 0 Å². The number of hydrogen-bond acceptors (Lipinski definition) is 8. The number of hydrogen-bond donors (Lipinski definition) is 0. The second kappa shape index (κ2) is 14.7. The fourth-order valence-electron chi connectivity index (χ4n) is 0.933. The van der Waals surface area contributed by atoms with E-state index in [0.29, 0.717) is 5.76 Å². The summed E-state index contributed by atoms with van der Waals surface area (Å²) in [5.74, 6) is -0.540. The van der Waals surface area contributed by atoms with Crippen molar-refractivity contribution in [3.05, 3.63) is 24.5 Å². The van der Waals surface area contributed by atoms with Crippen LogP contribution in [0.25, 0.3) is 0 Å². The largest absolute Gasteiger partial charge is 0.626 e. The summed E-state index contributed by atoms with van der Waals surface area (Å²) in [6, 6.07) is 0. The van der Waals surface area contributed by atoms with Gasteiger partial charge in [0.25, 0.3) is 0 Å². The molecule has 0 spiro atoms. The van der Waals surface area contributed by atoms with Gasteiger partial charge in [-0.25, -0.2) is 0 Å². The summed E-state index contributed by atoms with van der Waals surface area (Å²) in [4.78, 5) is 31.0. The molecule has 8 nitrogen and oxygen atoms in total. The number of rotatable bonds is 7. The van der Waals surface area contributed by atoms with E-state index in [2.05, 4.69) is 27.1 Å². The van der Waals surface area contributed by atoms with Crippen molar-refractivity contribution in [1.82, 2.24) is 0 Å². The normalized spacial score (nSPS) is 11.4. The monoisotopic (exact) mass is 698 g/mol. The zero-order valence-corrected chi connectivity index (χ0v) is 22.6. The van der Waals surface area contributed by atoms with Crippen molar-refractivity contribution in [1.29, 1.82) is 0 Å². The molecule has 0 bridgehead atoms. The first kappa shape index (κ1) is 27.0. The number of carbonyl (C=O) groups excluding carboxylic acids is 3. The molecule has 0 aliphatic carbocycles. The quantitative estimate of drug-likeness (QED) is 0.130. The number of carbonyl (C=O) groups is 2. The second-order valence-electron chi connectivity index (χ2n) is 4.83. The van der Waals surface area contributed by atoms with Gasteiger partial charge in [0, 0.05) is 19.5 Å². The van der Waals surface area contributed by atoms with E-state index in [9.17, 15) is 14.4 Å². The maximum Gasteiger partial charge on any atom is 0.311 e. The smallest absolute Gasteiger partial charge is 0.311 e. The van der Waals surface area contributed by atoms with E-state index >= 15 is 0 Å². The van der Waals surface area contributed by atoms with E-state index in [1.54, 1.807) is 27.7 Å². The van der Waals surface area contributed by atoms with Gasteiger partial charge in [-0.3, -0.25) is 9.59 Å². The second-order valence-corrected chi connectivity index (χ2v) is 4.83. The summed E-state index contributed by atoms with van der Waals surface area (Å²) in [6.07, 6.45) is 2.42. The van der Waals surface area contributed by atoms with Gasteiger partial charge in [0.2, 0.25) is 6.79 Å².